The smallest absolute Gasteiger partial charge is 0.306 e. The molecule has 0 saturated heterocycles. The summed E-state index contributed by atoms with van der Waals surface area (Å²) in [5.74, 6) is -1.62. The number of phenols is 2. The van der Waals surface area contributed by atoms with Gasteiger partial charge < -0.3 is 19.7 Å². The molecule has 1 aliphatic heterocycles. The molecule has 6 nitrogen and oxygen atoms in total. The molecule has 0 radical (unpaired) electrons. The maximum atomic E-state index is 12.9. The van der Waals surface area contributed by atoms with E-state index in [2.05, 4.69) is 0 Å². The van der Waals surface area contributed by atoms with Crippen molar-refractivity contribution < 1.29 is 29.3 Å². The molecule has 0 bridgehead atoms. The third-order valence-corrected chi connectivity index (χ3v) is 4.22. The first kappa shape index (κ1) is 17.8. The van der Waals surface area contributed by atoms with Gasteiger partial charge in [-0.05, 0) is 12.0 Å². The summed E-state index contributed by atoms with van der Waals surface area (Å²) in [7, 11) is 0. The minimum Gasteiger partial charge on any atom is -0.508 e. The summed E-state index contributed by atoms with van der Waals surface area (Å²) < 4.78 is 11.3. The van der Waals surface area contributed by atoms with Crippen LogP contribution in [0.3, 0.4) is 0 Å². The van der Waals surface area contributed by atoms with Crippen LogP contribution >= 0.6 is 0 Å². The van der Waals surface area contributed by atoms with Gasteiger partial charge in [0.15, 0.2) is 6.10 Å². The number of ether oxygens (including phenoxy) is 2. The standard InChI is InChI=1S/C20H20O6/c1-2-3-9-16(23)26-20-18(24)17-14(22)10-13(21)11-15(17)25-19(20)12-7-5-4-6-8-12/h4-8,10-11,19-22H,2-3,9H2,1H3. The van der Waals surface area contributed by atoms with E-state index in [0.29, 0.717) is 12.0 Å². The maximum Gasteiger partial charge on any atom is 0.306 e. The zero-order chi connectivity index (χ0) is 18.7. The summed E-state index contributed by atoms with van der Waals surface area (Å²) in [5.41, 5.74) is 0.561. The highest BCUT2D eigenvalue weighted by atomic mass is 16.6. The van der Waals surface area contributed by atoms with E-state index in [9.17, 15) is 19.8 Å². The van der Waals surface area contributed by atoms with Crippen LogP contribution in [0.25, 0.3) is 0 Å². The molecule has 2 unspecified atom stereocenters. The Labute approximate surface area is 151 Å². The molecule has 2 atom stereocenters. The predicted octanol–water partition coefficient (Wildman–Crippen LogP) is 3.52. The third kappa shape index (κ3) is 3.49. The first-order chi connectivity index (χ1) is 12.5. The van der Waals surface area contributed by atoms with Crippen LogP contribution in [0.5, 0.6) is 17.2 Å². The van der Waals surface area contributed by atoms with Crippen molar-refractivity contribution in [3.05, 3.63) is 53.6 Å². The highest BCUT2D eigenvalue weighted by Gasteiger charge is 2.42. The van der Waals surface area contributed by atoms with Crippen molar-refractivity contribution in [1.82, 2.24) is 0 Å². The quantitative estimate of drug-likeness (QED) is 0.796. The van der Waals surface area contributed by atoms with Crippen LogP contribution in [-0.4, -0.2) is 28.1 Å². The number of carbonyl (C=O) groups is 2. The molecule has 2 aromatic carbocycles. The lowest BCUT2D eigenvalue weighted by molar-refractivity contribution is -0.151. The van der Waals surface area contributed by atoms with Crippen molar-refractivity contribution in [1.29, 1.82) is 0 Å². The van der Waals surface area contributed by atoms with Gasteiger partial charge in [0.2, 0.25) is 11.9 Å². The molecule has 0 amide bonds. The van der Waals surface area contributed by atoms with Gasteiger partial charge >= 0.3 is 5.97 Å². The van der Waals surface area contributed by atoms with Gasteiger partial charge in [0.1, 0.15) is 22.8 Å². The summed E-state index contributed by atoms with van der Waals surface area (Å²) in [6.07, 6.45) is -0.370. The number of ketones is 1. The molecule has 26 heavy (non-hydrogen) atoms. The van der Waals surface area contributed by atoms with Gasteiger partial charge in [-0.25, -0.2) is 0 Å². The molecular weight excluding hydrogens is 336 g/mol. The number of phenolic OH excluding ortho intramolecular Hbond substituents is 2. The topological polar surface area (TPSA) is 93.1 Å². The summed E-state index contributed by atoms with van der Waals surface area (Å²) in [5, 5.41) is 19.7. The monoisotopic (exact) mass is 356 g/mol. The first-order valence-electron chi connectivity index (χ1n) is 8.52. The Morgan fingerprint density at radius 3 is 2.62 bits per heavy atom. The number of hydrogen-bond donors (Lipinski definition) is 2. The van der Waals surface area contributed by atoms with Crippen LogP contribution in [0, 0.1) is 0 Å². The van der Waals surface area contributed by atoms with Crippen molar-refractivity contribution >= 4 is 11.8 Å². The second-order valence-electron chi connectivity index (χ2n) is 6.17. The Hall–Kier alpha value is -3.02. The third-order valence-electron chi connectivity index (χ3n) is 4.22. The lowest BCUT2D eigenvalue weighted by atomic mass is 9.92. The van der Waals surface area contributed by atoms with Gasteiger partial charge in [0.25, 0.3) is 0 Å². The molecule has 0 aliphatic carbocycles. The Bertz CT molecular complexity index is 815. The summed E-state index contributed by atoms with van der Waals surface area (Å²) in [6, 6.07) is 11.2. The Morgan fingerprint density at radius 1 is 1.19 bits per heavy atom. The minimum absolute atomic E-state index is 0.0576. The zero-order valence-corrected chi connectivity index (χ0v) is 14.3. The van der Waals surface area contributed by atoms with Crippen LogP contribution in [0.1, 0.15) is 48.2 Å². The predicted molar refractivity (Wildman–Crippen MR) is 93.3 cm³/mol. The molecule has 1 aliphatic rings. The van der Waals surface area contributed by atoms with Crippen molar-refractivity contribution in [2.24, 2.45) is 0 Å². The molecule has 6 heteroatoms. The molecule has 2 aromatic rings. The van der Waals surface area contributed by atoms with E-state index >= 15 is 0 Å². The molecule has 0 saturated carbocycles. The fourth-order valence-electron chi connectivity index (χ4n) is 2.93. The fraction of sp³-hybridized carbons (Fsp3) is 0.300. The fourth-order valence-corrected chi connectivity index (χ4v) is 2.93. The van der Waals surface area contributed by atoms with E-state index in [4.69, 9.17) is 9.47 Å². The Kier molecular flexibility index (Phi) is 5.11. The summed E-state index contributed by atoms with van der Waals surface area (Å²) in [6.45, 7) is 1.95. The normalized spacial score (nSPS) is 18.7. The number of benzene rings is 2. The van der Waals surface area contributed by atoms with E-state index in [1.54, 1.807) is 24.3 Å². The SMILES string of the molecule is CCCCC(=O)OC1C(=O)c2c(O)cc(O)cc2OC1c1ccccc1. The van der Waals surface area contributed by atoms with Crippen LogP contribution in [-0.2, 0) is 9.53 Å². The number of fused-ring (bicyclic) bond motifs is 1. The molecule has 136 valence electrons. The minimum atomic E-state index is -1.20. The largest absolute Gasteiger partial charge is 0.508 e. The Balaban J connectivity index is 1.99. The molecule has 0 fully saturated rings. The average molecular weight is 356 g/mol. The highest BCUT2D eigenvalue weighted by Crippen LogP contribution is 2.42. The van der Waals surface area contributed by atoms with E-state index in [1.165, 1.54) is 6.07 Å². The number of Topliss-reactive ketones (excluding diaryl/α,β-unsaturated/α-hetero) is 1. The second-order valence-corrected chi connectivity index (χ2v) is 6.17. The average Bonchev–Trinajstić information content (AvgIpc) is 2.62. The van der Waals surface area contributed by atoms with Gasteiger partial charge in [-0.3, -0.25) is 9.59 Å². The van der Waals surface area contributed by atoms with E-state index in [-0.39, 0.29) is 23.5 Å². The Morgan fingerprint density at radius 2 is 1.92 bits per heavy atom. The highest BCUT2D eigenvalue weighted by molar-refractivity contribution is 6.06. The molecule has 0 spiro atoms. The number of carbonyl (C=O) groups excluding carboxylic acids is 2. The maximum absolute atomic E-state index is 12.9. The molecular formula is C20H20O6. The number of unbranched alkanes of at least 4 members (excludes halogenated alkanes) is 1. The van der Waals surface area contributed by atoms with Gasteiger partial charge in [-0.15, -0.1) is 0 Å². The van der Waals surface area contributed by atoms with Crippen LogP contribution in [0.15, 0.2) is 42.5 Å². The molecule has 3 rings (SSSR count). The second kappa shape index (κ2) is 7.47. The molecule has 0 aromatic heterocycles. The van der Waals surface area contributed by atoms with Gasteiger partial charge in [-0.2, -0.15) is 0 Å². The lowest BCUT2D eigenvalue weighted by Crippen LogP contribution is -2.40. The number of esters is 1. The van der Waals surface area contributed by atoms with Crippen LogP contribution < -0.4 is 4.74 Å². The van der Waals surface area contributed by atoms with Crippen molar-refractivity contribution in [2.75, 3.05) is 0 Å². The van der Waals surface area contributed by atoms with Gasteiger partial charge in [-0.1, -0.05) is 43.7 Å². The van der Waals surface area contributed by atoms with Crippen LogP contribution in [0.4, 0.5) is 0 Å². The lowest BCUT2D eigenvalue weighted by Gasteiger charge is -2.32. The molecule has 2 N–H and O–H groups in total. The van der Waals surface area contributed by atoms with E-state index < -0.39 is 29.7 Å². The summed E-state index contributed by atoms with van der Waals surface area (Å²) >= 11 is 0. The molecule has 1 heterocycles. The van der Waals surface area contributed by atoms with Crippen molar-refractivity contribution in [3.63, 3.8) is 0 Å². The van der Waals surface area contributed by atoms with Crippen molar-refractivity contribution in [2.45, 2.75) is 38.4 Å². The zero-order valence-electron chi connectivity index (χ0n) is 14.3. The number of aromatic hydroxyl groups is 2. The first-order valence-corrected chi connectivity index (χ1v) is 8.52. The van der Waals surface area contributed by atoms with Crippen LogP contribution in [0.2, 0.25) is 0 Å². The number of hydrogen-bond acceptors (Lipinski definition) is 6. The van der Waals surface area contributed by atoms with Crippen molar-refractivity contribution in [3.8, 4) is 17.2 Å². The van der Waals surface area contributed by atoms with E-state index in [0.717, 1.165) is 12.5 Å². The summed E-state index contributed by atoms with van der Waals surface area (Å²) in [4.78, 5) is 25.1. The van der Waals surface area contributed by atoms with Gasteiger partial charge in [0, 0.05) is 18.6 Å². The number of rotatable bonds is 5. The van der Waals surface area contributed by atoms with Gasteiger partial charge in [0.05, 0.1) is 0 Å². The van der Waals surface area contributed by atoms with E-state index in [1.807, 2.05) is 13.0 Å².